The summed E-state index contributed by atoms with van der Waals surface area (Å²) in [5.41, 5.74) is 2.80. The summed E-state index contributed by atoms with van der Waals surface area (Å²) in [7, 11) is 1.78. The van der Waals surface area contributed by atoms with Gasteiger partial charge in [0.2, 0.25) is 5.91 Å². The molecular weight excluding hydrogens is 416 g/mol. The Bertz CT molecular complexity index is 1010. The van der Waals surface area contributed by atoms with Crippen molar-refractivity contribution in [3.8, 4) is 0 Å². The molecule has 2 aliphatic heterocycles. The second-order valence-corrected chi connectivity index (χ2v) is 8.34. The van der Waals surface area contributed by atoms with Crippen LogP contribution in [0.1, 0.15) is 23.2 Å². The lowest BCUT2D eigenvalue weighted by atomic mass is 10.1. The number of benzene rings is 2. The van der Waals surface area contributed by atoms with E-state index >= 15 is 0 Å². The lowest BCUT2D eigenvalue weighted by molar-refractivity contribution is -0.113. The summed E-state index contributed by atoms with van der Waals surface area (Å²) in [5.74, 6) is 0.219. The second kappa shape index (κ2) is 9.30. The maximum Gasteiger partial charge on any atom is 0.414 e. The Balaban J connectivity index is 1.28. The average Bonchev–Trinajstić information content (AvgIpc) is 3.16. The maximum atomic E-state index is 12.4. The van der Waals surface area contributed by atoms with Crippen LogP contribution in [-0.2, 0) is 9.53 Å². The first-order valence-corrected chi connectivity index (χ1v) is 11.1. The quantitative estimate of drug-likeness (QED) is 0.572. The number of para-hydroxylation sites is 1. The van der Waals surface area contributed by atoms with Crippen LogP contribution in [0.25, 0.3) is 0 Å². The molecule has 0 unspecified atom stereocenters. The minimum absolute atomic E-state index is 0.0455. The normalized spacial score (nSPS) is 17.6. The van der Waals surface area contributed by atoms with Gasteiger partial charge in [-0.05, 0) is 43.2 Å². The molecule has 0 saturated carbocycles. The van der Waals surface area contributed by atoms with E-state index < -0.39 is 6.09 Å². The summed E-state index contributed by atoms with van der Waals surface area (Å²) in [5, 5.41) is 8.77. The highest BCUT2D eigenvalue weighted by atomic mass is 32.2. The van der Waals surface area contributed by atoms with Crippen molar-refractivity contribution in [1.82, 2.24) is 5.32 Å². The molecule has 2 aliphatic rings. The van der Waals surface area contributed by atoms with Crippen molar-refractivity contribution in [2.24, 2.45) is 0 Å². The largest absolute Gasteiger partial charge is 0.444 e. The predicted octanol–water partition coefficient (Wildman–Crippen LogP) is 3.31. The molecule has 8 nitrogen and oxygen atoms in total. The molecule has 162 valence electrons. The van der Waals surface area contributed by atoms with Crippen LogP contribution in [0.4, 0.5) is 21.9 Å². The third-order valence-electron chi connectivity index (χ3n) is 5.21. The Kier molecular flexibility index (Phi) is 6.31. The van der Waals surface area contributed by atoms with Gasteiger partial charge in [-0.15, -0.1) is 11.8 Å². The molecule has 4 rings (SSSR count). The van der Waals surface area contributed by atoms with E-state index in [0.717, 1.165) is 16.3 Å². The standard InChI is InChI=1S/C22H24N4O4S/c1-23-17-7-3-2-6-16(17)21(28)24-10-4-5-15-12-26(22(29)30-15)14-8-9-19-18(11-14)25-20(27)13-31-19/h2-3,6-9,11,15,23H,4-5,10,12-13H2,1H3,(H,24,28)(H,25,27)/t15-/m0/s1. The molecule has 3 amide bonds. The minimum atomic E-state index is -0.397. The van der Waals surface area contributed by atoms with Crippen molar-refractivity contribution < 1.29 is 19.1 Å². The summed E-state index contributed by atoms with van der Waals surface area (Å²) in [4.78, 5) is 38.9. The summed E-state index contributed by atoms with van der Waals surface area (Å²) in [6.45, 7) is 0.933. The fourth-order valence-electron chi connectivity index (χ4n) is 3.65. The van der Waals surface area contributed by atoms with Gasteiger partial charge >= 0.3 is 6.09 Å². The van der Waals surface area contributed by atoms with E-state index in [1.807, 2.05) is 36.4 Å². The Morgan fingerprint density at radius 1 is 1.26 bits per heavy atom. The van der Waals surface area contributed by atoms with Gasteiger partial charge in [0.1, 0.15) is 6.10 Å². The van der Waals surface area contributed by atoms with Gasteiger partial charge in [0, 0.05) is 29.9 Å². The van der Waals surface area contributed by atoms with E-state index in [2.05, 4.69) is 16.0 Å². The highest BCUT2D eigenvalue weighted by Gasteiger charge is 2.32. The highest BCUT2D eigenvalue weighted by molar-refractivity contribution is 8.00. The lowest BCUT2D eigenvalue weighted by Gasteiger charge is -2.20. The molecule has 0 bridgehead atoms. The minimum Gasteiger partial charge on any atom is -0.444 e. The molecule has 0 radical (unpaired) electrons. The molecule has 31 heavy (non-hydrogen) atoms. The Morgan fingerprint density at radius 3 is 2.94 bits per heavy atom. The molecule has 2 aromatic carbocycles. The van der Waals surface area contributed by atoms with Crippen LogP contribution in [0.5, 0.6) is 0 Å². The number of anilines is 3. The number of cyclic esters (lactones) is 1. The SMILES string of the molecule is CNc1ccccc1C(=O)NCCC[C@H]1CN(c2ccc3c(c2)NC(=O)CS3)C(=O)O1. The predicted molar refractivity (Wildman–Crippen MR) is 121 cm³/mol. The number of amides is 3. The number of ether oxygens (including phenoxy) is 1. The molecule has 0 spiro atoms. The zero-order valence-corrected chi connectivity index (χ0v) is 18.0. The number of carbonyl (C=O) groups is 3. The molecule has 1 atom stereocenters. The highest BCUT2D eigenvalue weighted by Crippen LogP contribution is 2.35. The number of hydrogen-bond donors (Lipinski definition) is 3. The van der Waals surface area contributed by atoms with Crippen LogP contribution in [0.15, 0.2) is 47.4 Å². The monoisotopic (exact) mass is 440 g/mol. The first-order valence-electron chi connectivity index (χ1n) is 10.1. The Labute approximate surface area is 184 Å². The topological polar surface area (TPSA) is 99.8 Å². The van der Waals surface area contributed by atoms with Gasteiger partial charge in [-0.2, -0.15) is 0 Å². The van der Waals surface area contributed by atoms with Gasteiger partial charge < -0.3 is 20.7 Å². The van der Waals surface area contributed by atoms with E-state index in [9.17, 15) is 14.4 Å². The molecule has 1 saturated heterocycles. The van der Waals surface area contributed by atoms with Gasteiger partial charge in [-0.1, -0.05) is 12.1 Å². The number of nitrogens with one attached hydrogen (secondary N) is 3. The van der Waals surface area contributed by atoms with Crippen LogP contribution in [0.3, 0.4) is 0 Å². The molecule has 1 fully saturated rings. The first kappa shape index (κ1) is 21.0. The summed E-state index contributed by atoms with van der Waals surface area (Å²) < 4.78 is 5.49. The van der Waals surface area contributed by atoms with Crippen LogP contribution in [0, 0.1) is 0 Å². The molecule has 3 N–H and O–H groups in total. The Morgan fingerprint density at radius 2 is 2.10 bits per heavy atom. The van der Waals surface area contributed by atoms with Gasteiger partial charge in [0.25, 0.3) is 5.91 Å². The molecule has 2 aromatic rings. The zero-order chi connectivity index (χ0) is 21.8. The number of rotatable bonds is 7. The van der Waals surface area contributed by atoms with E-state index in [1.54, 1.807) is 18.0 Å². The van der Waals surface area contributed by atoms with Crippen molar-refractivity contribution in [3.63, 3.8) is 0 Å². The van der Waals surface area contributed by atoms with Gasteiger partial charge in [0.05, 0.1) is 23.5 Å². The van der Waals surface area contributed by atoms with Crippen molar-refractivity contribution in [3.05, 3.63) is 48.0 Å². The van der Waals surface area contributed by atoms with E-state index in [4.69, 9.17) is 4.74 Å². The van der Waals surface area contributed by atoms with Crippen molar-refractivity contribution in [1.29, 1.82) is 0 Å². The Hall–Kier alpha value is -3.20. The van der Waals surface area contributed by atoms with Gasteiger partial charge in [-0.25, -0.2) is 4.79 Å². The number of hydrogen-bond acceptors (Lipinski definition) is 6. The van der Waals surface area contributed by atoms with Crippen molar-refractivity contribution in [2.75, 3.05) is 41.4 Å². The van der Waals surface area contributed by atoms with Crippen LogP contribution in [-0.4, -0.2) is 49.9 Å². The summed E-state index contributed by atoms with van der Waals surface area (Å²) in [6, 6.07) is 12.9. The number of carbonyl (C=O) groups excluding carboxylic acids is 3. The first-order chi connectivity index (χ1) is 15.0. The molecule has 0 aromatic heterocycles. The number of nitrogens with zero attached hydrogens (tertiary/aromatic N) is 1. The average molecular weight is 441 g/mol. The third-order valence-corrected chi connectivity index (χ3v) is 6.28. The van der Waals surface area contributed by atoms with E-state index in [-0.39, 0.29) is 17.9 Å². The van der Waals surface area contributed by atoms with Crippen molar-refractivity contribution in [2.45, 2.75) is 23.8 Å². The van der Waals surface area contributed by atoms with E-state index in [0.29, 0.717) is 42.9 Å². The second-order valence-electron chi connectivity index (χ2n) is 7.33. The number of fused-ring (bicyclic) bond motifs is 1. The fourth-order valence-corrected chi connectivity index (χ4v) is 4.44. The summed E-state index contributed by atoms with van der Waals surface area (Å²) >= 11 is 1.48. The lowest BCUT2D eigenvalue weighted by Crippen LogP contribution is -2.27. The summed E-state index contributed by atoms with van der Waals surface area (Å²) in [6.07, 6.45) is 0.699. The number of thioether (sulfide) groups is 1. The third kappa shape index (κ3) is 4.77. The van der Waals surface area contributed by atoms with Crippen LogP contribution < -0.4 is 20.9 Å². The molecule has 9 heteroatoms. The molecular formula is C22H24N4O4S. The fraction of sp³-hybridized carbons (Fsp3) is 0.318. The smallest absolute Gasteiger partial charge is 0.414 e. The maximum absolute atomic E-state index is 12.4. The van der Waals surface area contributed by atoms with E-state index in [1.165, 1.54) is 11.8 Å². The molecule has 2 heterocycles. The van der Waals surface area contributed by atoms with Crippen LogP contribution in [0.2, 0.25) is 0 Å². The molecule has 0 aliphatic carbocycles. The van der Waals surface area contributed by atoms with Crippen LogP contribution >= 0.6 is 11.8 Å². The van der Waals surface area contributed by atoms with Gasteiger partial charge in [0.15, 0.2) is 0 Å². The zero-order valence-electron chi connectivity index (χ0n) is 17.1. The van der Waals surface area contributed by atoms with Crippen molar-refractivity contribution >= 4 is 46.7 Å². The van der Waals surface area contributed by atoms with Gasteiger partial charge in [-0.3, -0.25) is 14.5 Å².